The van der Waals surface area contributed by atoms with Gasteiger partial charge in [0.25, 0.3) is 10.1 Å². The Kier molecular flexibility index (Phi) is 6.52. The van der Waals surface area contributed by atoms with E-state index in [1.54, 1.807) is 6.92 Å². The zero-order valence-corrected chi connectivity index (χ0v) is 15.8. The van der Waals surface area contributed by atoms with Crippen LogP contribution in [0.5, 0.6) is 0 Å². The van der Waals surface area contributed by atoms with Gasteiger partial charge in [-0.3, -0.25) is 9.35 Å². The van der Waals surface area contributed by atoms with Crippen LogP contribution < -0.4 is 5.32 Å². The third kappa shape index (κ3) is 5.11. The Balaban J connectivity index is 2.12. The SMILES string of the molecule is C=CC(=O)NCC(C)C(Sc1nnc(-c2cccs2)s1)S(=O)(=O)O. The van der Waals surface area contributed by atoms with Crippen molar-refractivity contribution in [2.75, 3.05) is 6.54 Å². The molecule has 2 N–H and O–H groups in total. The van der Waals surface area contributed by atoms with Crippen molar-refractivity contribution in [2.45, 2.75) is 15.8 Å². The van der Waals surface area contributed by atoms with Crippen LogP contribution in [0.4, 0.5) is 0 Å². The van der Waals surface area contributed by atoms with Crippen LogP contribution in [0, 0.1) is 5.92 Å². The molecule has 2 heterocycles. The van der Waals surface area contributed by atoms with Crippen LogP contribution in [-0.2, 0) is 14.9 Å². The molecule has 0 aromatic carbocycles. The van der Waals surface area contributed by atoms with Crippen molar-refractivity contribution in [1.29, 1.82) is 0 Å². The summed E-state index contributed by atoms with van der Waals surface area (Å²) in [6.45, 7) is 5.03. The highest BCUT2D eigenvalue weighted by atomic mass is 32.3. The summed E-state index contributed by atoms with van der Waals surface area (Å²) in [4.78, 5) is 12.2. The van der Waals surface area contributed by atoms with Crippen molar-refractivity contribution in [1.82, 2.24) is 15.5 Å². The molecule has 11 heteroatoms. The van der Waals surface area contributed by atoms with Crippen LogP contribution in [0.25, 0.3) is 9.88 Å². The van der Waals surface area contributed by atoms with E-state index in [4.69, 9.17) is 0 Å². The lowest BCUT2D eigenvalue weighted by Crippen LogP contribution is -2.34. The van der Waals surface area contributed by atoms with Crippen molar-refractivity contribution in [3.05, 3.63) is 30.2 Å². The Morgan fingerprint density at radius 3 is 2.88 bits per heavy atom. The quantitative estimate of drug-likeness (QED) is 0.394. The second-order valence-electron chi connectivity index (χ2n) is 4.78. The zero-order chi connectivity index (χ0) is 17.7. The maximum absolute atomic E-state index is 11.7. The molecule has 2 unspecified atom stereocenters. The van der Waals surface area contributed by atoms with Gasteiger partial charge in [-0.25, -0.2) is 0 Å². The summed E-state index contributed by atoms with van der Waals surface area (Å²) in [5.41, 5.74) is 0. The van der Waals surface area contributed by atoms with E-state index in [2.05, 4.69) is 22.1 Å². The Hall–Kier alpha value is -1.27. The molecule has 0 saturated heterocycles. The maximum atomic E-state index is 11.7. The number of hydrogen-bond acceptors (Lipinski definition) is 8. The lowest BCUT2D eigenvalue weighted by Gasteiger charge is -2.19. The number of rotatable bonds is 8. The summed E-state index contributed by atoms with van der Waals surface area (Å²) in [7, 11) is -4.33. The van der Waals surface area contributed by atoms with Gasteiger partial charge in [0.05, 0.1) is 4.88 Å². The van der Waals surface area contributed by atoms with Gasteiger partial charge in [-0.2, -0.15) is 8.42 Å². The van der Waals surface area contributed by atoms with E-state index in [1.165, 1.54) is 22.7 Å². The van der Waals surface area contributed by atoms with Gasteiger partial charge in [0, 0.05) is 12.5 Å². The van der Waals surface area contributed by atoms with Crippen molar-refractivity contribution in [3.63, 3.8) is 0 Å². The number of aromatic nitrogens is 2. The van der Waals surface area contributed by atoms with Crippen LogP contribution in [-0.4, -0.2) is 40.2 Å². The first-order valence-electron chi connectivity index (χ1n) is 6.72. The molecular weight excluding hydrogens is 390 g/mol. The number of nitrogens with one attached hydrogen (secondary N) is 1. The average Bonchev–Trinajstić information content (AvgIpc) is 3.19. The van der Waals surface area contributed by atoms with Crippen molar-refractivity contribution in [3.8, 4) is 9.88 Å². The van der Waals surface area contributed by atoms with E-state index in [0.29, 0.717) is 9.35 Å². The molecule has 2 aromatic rings. The summed E-state index contributed by atoms with van der Waals surface area (Å²) in [6.07, 6.45) is 1.10. The minimum atomic E-state index is -4.33. The molecule has 0 fully saturated rings. The fraction of sp³-hybridized carbons (Fsp3) is 0.308. The topological polar surface area (TPSA) is 109 Å². The monoisotopic (exact) mass is 405 g/mol. The number of nitrogens with zero attached hydrogens (tertiary/aromatic N) is 2. The lowest BCUT2D eigenvalue weighted by atomic mass is 10.2. The Bertz CT molecular complexity index is 801. The third-order valence-corrected chi connectivity index (χ3v) is 8.24. The highest BCUT2D eigenvalue weighted by Crippen LogP contribution is 2.37. The minimum Gasteiger partial charge on any atom is -0.352 e. The number of carbonyl (C=O) groups excluding carboxylic acids is 1. The number of hydrogen-bond donors (Lipinski definition) is 2. The fourth-order valence-corrected chi connectivity index (χ4v) is 6.11. The summed E-state index contributed by atoms with van der Waals surface area (Å²) in [5.74, 6) is -0.945. The first-order valence-corrected chi connectivity index (χ1v) is 10.8. The summed E-state index contributed by atoms with van der Waals surface area (Å²) < 4.78 is 32.1. The molecular formula is C13H15N3O4S4. The number of thiophene rings is 1. The molecule has 130 valence electrons. The van der Waals surface area contributed by atoms with E-state index in [1.807, 2.05) is 17.5 Å². The smallest absolute Gasteiger partial charge is 0.278 e. The van der Waals surface area contributed by atoms with Gasteiger partial charge >= 0.3 is 0 Å². The molecule has 2 aromatic heterocycles. The molecule has 2 atom stereocenters. The number of amides is 1. The van der Waals surface area contributed by atoms with Gasteiger partial charge < -0.3 is 5.32 Å². The molecule has 1 amide bonds. The summed E-state index contributed by atoms with van der Waals surface area (Å²) in [5, 5.41) is 13.1. The molecule has 0 radical (unpaired) electrons. The molecule has 0 saturated carbocycles. The van der Waals surface area contributed by atoms with Crippen LogP contribution in [0.3, 0.4) is 0 Å². The standard InChI is InChI=1S/C13H15N3O4S4/c1-3-10(17)14-7-8(2)12(24(18,19)20)23-13-16-15-11(22-13)9-5-4-6-21-9/h3-6,8,12H,1,7H2,2H3,(H,14,17)(H,18,19,20). The van der Waals surface area contributed by atoms with Crippen LogP contribution in [0.2, 0.25) is 0 Å². The van der Waals surface area contributed by atoms with Crippen molar-refractivity contribution < 1.29 is 17.8 Å². The normalized spacial score (nSPS) is 14.1. The maximum Gasteiger partial charge on any atom is 0.278 e. The Labute approximate surface area is 152 Å². The average molecular weight is 406 g/mol. The van der Waals surface area contributed by atoms with E-state index in [-0.39, 0.29) is 6.54 Å². The van der Waals surface area contributed by atoms with E-state index in [0.717, 1.165) is 22.7 Å². The molecule has 0 aliphatic rings. The van der Waals surface area contributed by atoms with Gasteiger partial charge in [0.15, 0.2) is 9.35 Å². The third-order valence-electron chi connectivity index (χ3n) is 2.90. The molecule has 7 nitrogen and oxygen atoms in total. The van der Waals surface area contributed by atoms with Gasteiger partial charge in [-0.05, 0) is 17.5 Å². The molecule has 0 spiro atoms. The van der Waals surface area contributed by atoms with Gasteiger partial charge in [-0.15, -0.1) is 21.5 Å². The summed E-state index contributed by atoms with van der Waals surface area (Å²) in [6, 6.07) is 3.78. The second-order valence-corrected chi connectivity index (χ2v) is 9.93. The minimum absolute atomic E-state index is 0.0822. The second kappa shape index (κ2) is 8.21. The predicted octanol–water partition coefficient (Wildman–Crippen LogP) is 2.51. The lowest BCUT2D eigenvalue weighted by molar-refractivity contribution is -0.116. The van der Waals surface area contributed by atoms with E-state index < -0.39 is 26.5 Å². The highest BCUT2D eigenvalue weighted by molar-refractivity contribution is 8.12. The van der Waals surface area contributed by atoms with Gasteiger partial charge in [0.2, 0.25) is 5.91 Å². The predicted molar refractivity (Wildman–Crippen MR) is 96.8 cm³/mol. The van der Waals surface area contributed by atoms with Gasteiger partial charge in [-0.1, -0.05) is 42.7 Å². The van der Waals surface area contributed by atoms with Crippen molar-refractivity contribution >= 4 is 50.5 Å². The fourth-order valence-electron chi connectivity index (χ4n) is 1.76. The number of thioether (sulfide) groups is 1. The van der Waals surface area contributed by atoms with Crippen molar-refractivity contribution in [2.24, 2.45) is 5.92 Å². The van der Waals surface area contributed by atoms with Gasteiger partial charge in [0.1, 0.15) is 4.58 Å². The largest absolute Gasteiger partial charge is 0.352 e. The van der Waals surface area contributed by atoms with Crippen LogP contribution in [0.1, 0.15) is 6.92 Å². The van der Waals surface area contributed by atoms with Crippen LogP contribution in [0.15, 0.2) is 34.5 Å². The first-order chi connectivity index (χ1) is 11.3. The zero-order valence-electron chi connectivity index (χ0n) is 12.6. The first kappa shape index (κ1) is 19.1. The molecule has 24 heavy (non-hydrogen) atoms. The Morgan fingerprint density at radius 2 is 2.29 bits per heavy atom. The van der Waals surface area contributed by atoms with E-state index in [9.17, 15) is 17.8 Å². The Morgan fingerprint density at radius 1 is 1.54 bits per heavy atom. The highest BCUT2D eigenvalue weighted by Gasteiger charge is 2.32. The molecule has 0 aliphatic carbocycles. The summed E-state index contributed by atoms with van der Waals surface area (Å²) >= 11 is 3.68. The molecule has 2 rings (SSSR count). The molecule has 0 bridgehead atoms. The van der Waals surface area contributed by atoms with E-state index >= 15 is 0 Å². The number of carbonyl (C=O) groups is 1. The molecule has 0 aliphatic heterocycles. The van der Waals surface area contributed by atoms with Crippen LogP contribution >= 0.6 is 34.4 Å².